The standard InChI is InChI=1S/C18H28N2O/c1-4-20(5-2)18(21)17-11-8-12-19(14-17)13-16-10-7-6-9-15(16)3/h6-7,9-10,17H,4-5,8,11-14H2,1-3H3/p+1/t17-/m0/s1. The van der Waals surface area contributed by atoms with Gasteiger partial charge >= 0.3 is 0 Å². The van der Waals surface area contributed by atoms with Crippen molar-refractivity contribution < 1.29 is 9.69 Å². The van der Waals surface area contributed by atoms with Crippen LogP contribution < -0.4 is 4.90 Å². The molecule has 0 radical (unpaired) electrons. The van der Waals surface area contributed by atoms with Crippen LogP contribution in [0.4, 0.5) is 0 Å². The van der Waals surface area contributed by atoms with Gasteiger partial charge in [-0.05, 0) is 39.2 Å². The van der Waals surface area contributed by atoms with Crippen LogP contribution in [-0.4, -0.2) is 37.0 Å². The second kappa shape index (κ2) is 7.60. The number of nitrogens with one attached hydrogen (secondary N) is 1. The first-order valence-corrected chi connectivity index (χ1v) is 8.32. The van der Waals surface area contributed by atoms with Gasteiger partial charge in [-0.25, -0.2) is 0 Å². The molecule has 3 nitrogen and oxygen atoms in total. The van der Waals surface area contributed by atoms with E-state index in [0.717, 1.165) is 32.6 Å². The van der Waals surface area contributed by atoms with E-state index in [4.69, 9.17) is 0 Å². The number of rotatable bonds is 5. The van der Waals surface area contributed by atoms with Gasteiger partial charge in [-0.2, -0.15) is 0 Å². The lowest BCUT2D eigenvalue weighted by Crippen LogP contribution is -3.12. The lowest BCUT2D eigenvalue weighted by molar-refractivity contribution is -0.921. The van der Waals surface area contributed by atoms with Crippen molar-refractivity contribution in [1.82, 2.24) is 4.90 Å². The van der Waals surface area contributed by atoms with E-state index in [2.05, 4.69) is 45.0 Å². The maximum absolute atomic E-state index is 12.5. The van der Waals surface area contributed by atoms with Crippen LogP contribution in [0.25, 0.3) is 0 Å². The average molecular weight is 289 g/mol. The summed E-state index contributed by atoms with van der Waals surface area (Å²) in [7, 11) is 0. The number of benzene rings is 1. The zero-order chi connectivity index (χ0) is 15.2. The Morgan fingerprint density at radius 1 is 1.29 bits per heavy atom. The van der Waals surface area contributed by atoms with Crippen LogP contribution in [0.1, 0.15) is 37.8 Å². The molecule has 0 bridgehead atoms. The molecular formula is C18H29N2O+. The minimum absolute atomic E-state index is 0.220. The van der Waals surface area contributed by atoms with Gasteiger partial charge < -0.3 is 9.80 Å². The number of amides is 1. The van der Waals surface area contributed by atoms with Crippen molar-refractivity contribution in [2.24, 2.45) is 5.92 Å². The molecule has 1 amide bonds. The van der Waals surface area contributed by atoms with Gasteiger partial charge in [0, 0.05) is 18.7 Å². The van der Waals surface area contributed by atoms with Crippen LogP contribution >= 0.6 is 0 Å². The summed E-state index contributed by atoms with van der Waals surface area (Å²) in [6.07, 6.45) is 2.23. The number of piperidine rings is 1. The molecule has 2 atom stereocenters. The molecule has 1 aliphatic rings. The van der Waals surface area contributed by atoms with Crippen molar-refractivity contribution in [3.8, 4) is 0 Å². The van der Waals surface area contributed by atoms with Gasteiger partial charge in [0.2, 0.25) is 5.91 Å². The summed E-state index contributed by atoms with van der Waals surface area (Å²) in [5.41, 5.74) is 2.78. The van der Waals surface area contributed by atoms with E-state index >= 15 is 0 Å². The van der Waals surface area contributed by atoms with Crippen LogP contribution in [0, 0.1) is 12.8 Å². The Balaban J connectivity index is 1.98. The third-order valence-electron chi connectivity index (χ3n) is 4.74. The molecule has 1 heterocycles. The highest BCUT2D eigenvalue weighted by Gasteiger charge is 2.30. The Morgan fingerprint density at radius 2 is 2.00 bits per heavy atom. The molecule has 1 aromatic rings. The molecular weight excluding hydrogens is 260 g/mol. The largest absolute Gasteiger partial charge is 0.343 e. The molecule has 2 rings (SSSR count). The predicted molar refractivity (Wildman–Crippen MR) is 86.2 cm³/mol. The minimum atomic E-state index is 0.220. The number of likely N-dealkylation sites (tertiary alicyclic amines) is 1. The number of nitrogens with zero attached hydrogens (tertiary/aromatic N) is 1. The second-order valence-electron chi connectivity index (χ2n) is 6.16. The highest BCUT2D eigenvalue weighted by Crippen LogP contribution is 2.12. The number of hydrogen-bond acceptors (Lipinski definition) is 1. The zero-order valence-corrected chi connectivity index (χ0v) is 13.7. The van der Waals surface area contributed by atoms with Crippen molar-refractivity contribution >= 4 is 5.91 Å². The van der Waals surface area contributed by atoms with Crippen molar-refractivity contribution in [3.63, 3.8) is 0 Å². The maximum atomic E-state index is 12.5. The van der Waals surface area contributed by atoms with E-state index in [1.807, 2.05) is 4.90 Å². The van der Waals surface area contributed by atoms with Crippen LogP contribution in [0.15, 0.2) is 24.3 Å². The Kier molecular flexibility index (Phi) is 5.80. The van der Waals surface area contributed by atoms with Gasteiger partial charge in [0.25, 0.3) is 0 Å². The Bertz CT molecular complexity index is 468. The molecule has 1 unspecified atom stereocenters. The molecule has 0 saturated carbocycles. The van der Waals surface area contributed by atoms with E-state index in [-0.39, 0.29) is 5.92 Å². The van der Waals surface area contributed by atoms with E-state index in [1.165, 1.54) is 24.1 Å². The first kappa shape index (κ1) is 16.0. The Morgan fingerprint density at radius 3 is 2.67 bits per heavy atom. The van der Waals surface area contributed by atoms with Crippen molar-refractivity contribution in [2.45, 2.75) is 40.2 Å². The lowest BCUT2D eigenvalue weighted by atomic mass is 9.95. The third-order valence-corrected chi connectivity index (χ3v) is 4.74. The quantitative estimate of drug-likeness (QED) is 0.876. The molecule has 116 valence electrons. The molecule has 3 heteroatoms. The van der Waals surface area contributed by atoms with Crippen molar-refractivity contribution in [2.75, 3.05) is 26.2 Å². The first-order valence-electron chi connectivity index (χ1n) is 8.32. The average Bonchev–Trinajstić information content (AvgIpc) is 2.51. The maximum Gasteiger partial charge on any atom is 0.231 e. The third kappa shape index (κ3) is 4.07. The fraction of sp³-hybridized carbons (Fsp3) is 0.611. The predicted octanol–water partition coefficient (Wildman–Crippen LogP) is 1.66. The summed E-state index contributed by atoms with van der Waals surface area (Å²) in [5, 5.41) is 0. The van der Waals surface area contributed by atoms with E-state index in [1.54, 1.807) is 4.90 Å². The molecule has 1 N–H and O–H groups in total. The summed E-state index contributed by atoms with van der Waals surface area (Å²) < 4.78 is 0. The summed E-state index contributed by atoms with van der Waals surface area (Å²) >= 11 is 0. The molecule has 1 saturated heterocycles. The Hall–Kier alpha value is -1.35. The summed E-state index contributed by atoms with van der Waals surface area (Å²) in [5.74, 6) is 0.583. The topological polar surface area (TPSA) is 24.8 Å². The van der Waals surface area contributed by atoms with Gasteiger partial charge in [-0.3, -0.25) is 4.79 Å². The molecule has 0 spiro atoms. The zero-order valence-electron chi connectivity index (χ0n) is 13.7. The molecule has 1 aromatic carbocycles. The monoisotopic (exact) mass is 289 g/mol. The SMILES string of the molecule is CCN(CC)C(=O)[C@H]1CCC[NH+](Cc2ccccc2C)C1. The normalized spacial score (nSPS) is 22.0. The smallest absolute Gasteiger partial charge is 0.231 e. The summed E-state index contributed by atoms with van der Waals surface area (Å²) in [4.78, 5) is 16.1. The van der Waals surface area contributed by atoms with Crippen molar-refractivity contribution in [1.29, 1.82) is 0 Å². The molecule has 21 heavy (non-hydrogen) atoms. The van der Waals surface area contributed by atoms with Crippen molar-refractivity contribution in [3.05, 3.63) is 35.4 Å². The fourth-order valence-electron chi connectivity index (χ4n) is 3.39. The molecule has 1 fully saturated rings. The van der Waals surface area contributed by atoms with Gasteiger partial charge in [-0.1, -0.05) is 24.3 Å². The molecule has 1 aliphatic heterocycles. The van der Waals surface area contributed by atoms with Gasteiger partial charge in [-0.15, -0.1) is 0 Å². The Labute approximate surface area is 128 Å². The molecule has 0 aliphatic carbocycles. The fourth-order valence-corrected chi connectivity index (χ4v) is 3.39. The lowest BCUT2D eigenvalue weighted by Gasteiger charge is -2.32. The summed E-state index contributed by atoms with van der Waals surface area (Å²) in [6.45, 7) is 11.2. The number of quaternary nitrogens is 1. The number of hydrogen-bond donors (Lipinski definition) is 1. The highest BCUT2D eigenvalue weighted by atomic mass is 16.2. The highest BCUT2D eigenvalue weighted by molar-refractivity contribution is 5.78. The second-order valence-corrected chi connectivity index (χ2v) is 6.16. The van der Waals surface area contributed by atoms with Crippen LogP contribution in [-0.2, 0) is 11.3 Å². The molecule has 0 aromatic heterocycles. The van der Waals surface area contributed by atoms with Gasteiger partial charge in [0.15, 0.2) is 0 Å². The van der Waals surface area contributed by atoms with Crippen LogP contribution in [0.3, 0.4) is 0 Å². The van der Waals surface area contributed by atoms with Crippen LogP contribution in [0.5, 0.6) is 0 Å². The number of aryl methyl sites for hydroxylation is 1. The minimum Gasteiger partial charge on any atom is -0.343 e. The van der Waals surface area contributed by atoms with Gasteiger partial charge in [0.05, 0.1) is 19.0 Å². The van der Waals surface area contributed by atoms with Crippen LogP contribution in [0.2, 0.25) is 0 Å². The summed E-state index contributed by atoms with van der Waals surface area (Å²) in [6, 6.07) is 8.61. The first-order chi connectivity index (χ1) is 10.2. The number of carbonyl (C=O) groups is 1. The van der Waals surface area contributed by atoms with E-state index in [0.29, 0.717) is 5.91 Å². The van der Waals surface area contributed by atoms with E-state index in [9.17, 15) is 4.79 Å². The number of carbonyl (C=O) groups excluding carboxylic acids is 1. The van der Waals surface area contributed by atoms with Gasteiger partial charge in [0.1, 0.15) is 6.54 Å². The van der Waals surface area contributed by atoms with E-state index < -0.39 is 0 Å².